The lowest BCUT2D eigenvalue weighted by atomic mass is 10.2. The maximum absolute atomic E-state index is 5.05. The van der Waals surface area contributed by atoms with Gasteiger partial charge >= 0.3 is 0 Å². The van der Waals surface area contributed by atoms with Crippen molar-refractivity contribution in [1.29, 1.82) is 0 Å². The average molecular weight is 220 g/mol. The van der Waals surface area contributed by atoms with Gasteiger partial charge in [-0.05, 0) is 37.7 Å². The minimum atomic E-state index is 0.602. The van der Waals surface area contributed by atoms with E-state index in [1.165, 1.54) is 5.56 Å². The van der Waals surface area contributed by atoms with Crippen LogP contribution in [0.1, 0.15) is 11.3 Å². The molecule has 1 N–H and O–H groups in total. The minimum Gasteiger partial charge on any atom is -0.302 e. The number of nitrogens with zero attached hydrogens (tertiary/aromatic N) is 3. The van der Waals surface area contributed by atoms with Crippen molar-refractivity contribution in [3.63, 3.8) is 0 Å². The smallest absolute Gasteiger partial charge is 0.195 e. The van der Waals surface area contributed by atoms with E-state index in [2.05, 4.69) is 15.2 Å². The van der Waals surface area contributed by atoms with Crippen LogP contribution >= 0.6 is 12.2 Å². The molecule has 15 heavy (non-hydrogen) atoms. The molecule has 0 spiro atoms. The average Bonchev–Trinajstić information content (AvgIpc) is 2.53. The van der Waals surface area contributed by atoms with Crippen molar-refractivity contribution in [3.8, 4) is 11.5 Å². The predicted octanol–water partition coefficient (Wildman–Crippen LogP) is 2.16. The first-order chi connectivity index (χ1) is 7.09. The zero-order valence-electron chi connectivity index (χ0n) is 8.90. The third kappa shape index (κ3) is 1.70. The summed E-state index contributed by atoms with van der Waals surface area (Å²) in [6.07, 6.45) is 0. The Morgan fingerprint density at radius 3 is 2.60 bits per heavy atom. The van der Waals surface area contributed by atoms with Crippen LogP contribution in [0, 0.1) is 18.6 Å². The molecule has 0 aliphatic rings. The predicted molar refractivity (Wildman–Crippen MR) is 61.1 cm³/mol. The molecule has 0 saturated carbocycles. The number of aromatic amines is 1. The molecule has 0 saturated heterocycles. The largest absolute Gasteiger partial charge is 0.302 e. The van der Waals surface area contributed by atoms with Gasteiger partial charge in [-0.15, -0.1) is 0 Å². The molecular formula is C10H12N4S. The highest BCUT2D eigenvalue weighted by Crippen LogP contribution is 2.15. The van der Waals surface area contributed by atoms with Crippen LogP contribution in [0.15, 0.2) is 12.1 Å². The first-order valence-corrected chi connectivity index (χ1v) is 5.06. The number of hydrogen-bond acceptors (Lipinski definition) is 3. The summed E-state index contributed by atoms with van der Waals surface area (Å²) in [4.78, 5) is 4.47. The summed E-state index contributed by atoms with van der Waals surface area (Å²) in [5, 5.41) is 6.88. The minimum absolute atomic E-state index is 0.602. The zero-order chi connectivity index (χ0) is 11.0. The molecule has 0 unspecified atom stereocenters. The lowest BCUT2D eigenvalue weighted by Gasteiger charge is -2.03. The molecule has 2 aromatic rings. The van der Waals surface area contributed by atoms with Gasteiger partial charge in [-0.3, -0.25) is 5.10 Å². The van der Waals surface area contributed by atoms with Gasteiger partial charge in [-0.2, -0.15) is 5.10 Å². The molecule has 0 amide bonds. The molecule has 0 aliphatic heterocycles. The Hall–Kier alpha value is -1.49. The van der Waals surface area contributed by atoms with Crippen LogP contribution in [0.3, 0.4) is 0 Å². The molecule has 2 aromatic heterocycles. The van der Waals surface area contributed by atoms with Gasteiger partial charge in [-0.25, -0.2) is 4.98 Å². The number of nitrogens with one attached hydrogen (secondary N) is 1. The van der Waals surface area contributed by atoms with Gasteiger partial charge in [0.05, 0.1) is 0 Å². The molecule has 0 atom stereocenters. The van der Waals surface area contributed by atoms with Crippen LogP contribution in [-0.2, 0) is 7.05 Å². The van der Waals surface area contributed by atoms with Crippen molar-refractivity contribution in [1.82, 2.24) is 19.7 Å². The molecule has 0 radical (unpaired) electrons. The van der Waals surface area contributed by atoms with Crippen LogP contribution in [0.25, 0.3) is 11.5 Å². The van der Waals surface area contributed by atoms with E-state index in [1.54, 1.807) is 0 Å². The van der Waals surface area contributed by atoms with Crippen LogP contribution in [0.4, 0.5) is 0 Å². The quantitative estimate of drug-likeness (QED) is 0.749. The van der Waals surface area contributed by atoms with Crippen molar-refractivity contribution < 1.29 is 0 Å². The van der Waals surface area contributed by atoms with Gasteiger partial charge in [0.1, 0.15) is 5.69 Å². The standard InChI is InChI=1S/C10H12N4S/c1-6-4-5-8(11-7(6)2)9-12-13-10(15)14(9)3/h4-5H,1-3H3,(H,13,15). The molecule has 4 nitrogen and oxygen atoms in total. The number of aromatic nitrogens is 4. The molecule has 78 valence electrons. The van der Waals surface area contributed by atoms with E-state index >= 15 is 0 Å². The zero-order valence-corrected chi connectivity index (χ0v) is 9.72. The number of hydrogen-bond donors (Lipinski definition) is 1. The fraction of sp³-hybridized carbons (Fsp3) is 0.300. The van der Waals surface area contributed by atoms with Crippen molar-refractivity contribution in [2.75, 3.05) is 0 Å². The summed E-state index contributed by atoms with van der Waals surface area (Å²) >= 11 is 5.05. The van der Waals surface area contributed by atoms with E-state index in [9.17, 15) is 0 Å². The highest BCUT2D eigenvalue weighted by atomic mass is 32.1. The van der Waals surface area contributed by atoms with Crippen LogP contribution < -0.4 is 0 Å². The van der Waals surface area contributed by atoms with E-state index in [0.29, 0.717) is 4.77 Å². The second-order valence-corrected chi connectivity index (χ2v) is 3.90. The summed E-state index contributed by atoms with van der Waals surface area (Å²) in [5.74, 6) is 0.767. The van der Waals surface area contributed by atoms with Crippen LogP contribution in [-0.4, -0.2) is 19.7 Å². The molecule has 0 aliphatic carbocycles. The third-order valence-corrected chi connectivity index (χ3v) is 2.82. The summed E-state index contributed by atoms with van der Waals surface area (Å²) in [7, 11) is 1.87. The van der Waals surface area contributed by atoms with Crippen LogP contribution in [0.2, 0.25) is 0 Å². The van der Waals surface area contributed by atoms with Crippen LogP contribution in [0.5, 0.6) is 0 Å². The van der Waals surface area contributed by atoms with Crippen molar-refractivity contribution in [2.24, 2.45) is 7.05 Å². The van der Waals surface area contributed by atoms with Crippen molar-refractivity contribution in [3.05, 3.63) is 28.2 Å². The fourth-order valence-corrected chi connectivity index (χ4v) is 1.46. The summed E-state index contributed by atoms with van der Waals surface area (Å²) in [6, 6.07) is 3.99. The monoisotopic (exact) mass is 220 g/mol. The molecule has 0 fully saturated rings. The normalized spacial score (nSPS) is 10.6. The maximum atomic E-state index is 5.05. The second-order valence-electron chi connectivity index (χ2n) is 3.51. The highest BCUT2D eigenvalue weighted by molar-refractivity contribution is 7.71. The molecule has 5 heteroatoms. The molecule has 0 bridgehead atoms. The summed E-state index contributed by atoms with van der Waals surface area (Å²) in [6.45, 7) is 4.02. The Morgan fingerprint density at radius 2 is 2.07 bits per heavy atom. The van der Waals surface area contributed by atoms with E-state index in [0.717, 1.165) is 17.2 Å². The Balaban J connectivity index is 2.59. The maximum Gasteiger partial charge on any atom is 0.195 e. The summed E-state index contributed by atoms with van der Waals surface area (Å²) < 4.78 is 2.41. The van der Waals surface area contributed by atoms with Crippen molar-refractivity contribution >= 4 is 12.2 Å². The van der Waals surface area contributed by atoms with E-state index < -0.39 is 0 Å². The topological polar surface area (TPSA) is 46.5 Å². The SMILES string of the molecule is Cc1ccc(-c2n[nH]c(=S)n2C)nc1C. The molecule has 2 rings (SSSR count). The lowest BCUT2D eigenvalue weighted by molar-refractivity contribution is 0.895. The first kappa shape index (κ1) is 10.0. The number of aryl methyl sites for hydroxylation is 2. The number of rotatable bonds is 1. The Morgan fingerprint density at radius 1 is 1.33 bits per heavy atom. The van der Waals surface area contributed by atoms with Gasteiger partial charge in [-0.1, -0.05) is 6.07 Å². The van der Waals surface area contributed by atoms with Gasteiger partial charge in [0.2, 0.25) is 0 Å². The van der Waals surface area contributed by atoms with E-state index in [1.807, 2.05) is 37.6 Å². The van der Waals surface area contributed by atoms with Gasteiger partial charge < -0.3 is 4.57 Å². The highest BCUT2D eigenvalue weighted by Gasteiger charge is 2.07. The van der Waals surface area contributed by atoms with Crippen molar-refractivity contribution in [2.45, 2.75) is 13.8 Å². The Bertz CT molecular complexity index is 553. The summed E-state index contributed by atoms with van der Waals surface area (Å²) in [5.41, 5.74) is 3.03. The first-order valence-electron chi connectivity index (χ1n) is 4.65. The van der Waals surface area contributed by atoms with Gasteiger partial charge in [0.25, 0.3) is 0 Å². The fourth-order valence-electron chi connectivity index (χ4n) is 1.33. The van der Waals surface area contributed by atoms with Gasteiger partial charge in [0.15, 0.2) is 10.6 Å². The number of pyridine rings is 1. The lowest BCUT2D eigenvalue weighted by Crippen LogP contribution is -1.97. The van der Waals surface area contributed by atoms with E-state index in [4.69, 9.17) is 12.2 Å². The Kier molecular flexibility index (Phi) is 2.40. The molecule has 2 heterocycles. The molecular weight excluding hydrogens is 208 g/mol. The number of H-pyrrole nitrogens is 1. The molecule has 0 aromatic carbocycles. The second kappa shape index (κ2) is 3.58. The Labute approximate surface area is 93.0 Å². The third-order valence-electron chi connectivity index (χ3n) is 2.46. The van der Waals surface area contributed by atoms with E-state index in [-0.39, 0.29) is 0 Å². The van der Waals surface area contributed by atoms with Gasteiger partial charge in [0, 0.05) is 12.7 Å².